The first kappa shape index (κ1) is 14.7. The monoisotopic (exact) mass is 248 g/mol. The van der Waals surface area contributed by atoms with Crippen LogP contribution in [-0.4, -0.2) is 25.0 Å². The summed E-state index contributed by atoms with van der Waals surface area (Å²) >= 11 is 0. The number of carbonyl (C=O) groups is 1. The minimum absolute atomic E-state index is 0.0315. The average molecular weight is 248 g/mol. The van der Waals surface area contributed by atoms with Gasteiger partial charge in [0.15, 0.2) is 0 Å². The molecule has 3 heteroatoms. The SMILES string of the molecule is Cc1ccc(C(C)C)cc1C(C)C(=O)NN(C)C. The summed E-state index contributed by atoms with van der Waals surface area (Å²) in [7, 11) is 3.64. The second kappa shape index (κ2) is 6.01. The van der Waals surface area contributed by atoms with Crippen molar-refractivity contribution in [1.29, 1.82) is 0 Å². The highest BCUT2D eigenvalue weighted by molar-refractivity contribution is 5.83. The van der Waals surface area contributed by atoms with Gasteiger partial charge in [-0.05, 0) is 36.5 Å². The molecule has 0 aromatic heterocycles. The Labute approximate surface area is 110 Å². The van der Waals surface area contributed by atoms with Gasteiger partial charge < -0.3 is 0 Å². The highest BCUT2D eigenvalue weighted by Crippen LogP contribution is 2.24. The van der Waals surface area contributed by atoms with E-state index in [0.29, 0.717) is 5.92 Å². The Hall–Kier alpha value is -1.35. The summed E-state index contributed by atoms with van der Waals surface area (Å²) in [5, 5.41) is 1.68. The summed E-state index contributed by atoms with van der Waals surface area (Å²) in [4.78, 5) is 12.0. The van der Waals surface area contributed by atoms with E-state index in [1.165, 1.54) is 11.1 Å². The van der Waals surface area contributed by atoms with Crippen molar-refractivity contribution in [1.82, 2.24) is 10.4 Å². The van der Waals surface area contributed by atoms with Crippen LogP contribution in [-0.2, 0) is 4.79 Å². The summed E-state index contributed by atoms with van der Waals surface area (Å²) in [6, 6.07) is 6.39. The third-order valence-electron chi connectivity index (χ3n) is 3.16. The van der Waals surface area contributed by atoms with Gasteiger partial charge in [0, 0.05) is 14.1 Å². The number of aryl methyl sites for hydroxylation is 1. The van der Waals surface area contributed by atoms with E-state index < -0.39 is 0 Å². The van der Waals surface area contributed by atoms with E-state index in [1.54, 1.807) is 5.01 Å². The molecule has 0 saturated carbocycles. The number of nitrogens with one attached hydrogen (secondary N) is 1. The number of carbonyl (C=O) groups excluding carboxylic acids is 1. The highest BCUT2D eigenvalue weighted by Gasteiger charge is 2.18. The molecule has 0 spiro atoms. The molecule has 1 atom stereocenters. The molecule has 18 heavy (non-hydrogen) atoms. The van der Waals surface area contributed by atoms with Crippen molar-refractivity contribution < 1.29 is 4.79 Å². The van der Waals surface area contributed by atoms with E-state index in [2.05, 4.69) is 44.4 Å². The van der Waals surface area contributed by atoms with Gasteiger partial charge in [-0.3, -0.25) is 10.2 Å². The Bertz CT molecular complexity index is 425. The lowest BCUT2D eigenvalue weighted by atomic mass is 9.91. The fourth-order valence-corrected chi connectivity index (χ4v) is 1.94. The van der Waals surface area contributed by atoms with Gasteiger partial charge in [0.1, 0.15) is 0 Å². The number of benzene rings is 1. The standard InChI is InChI=1S/C15H24N2O/c1-10(2)13-8-7-11(3)14(9-13)12(4)15(18)16-17(5)6/h7-10,12H,1-6H3,(H,16,18). The van der Waals surface area contributed by atoms with Crippen LogP contribution in [0.4, 0.5) is 0 Å². The second-order valence-electron chi connectivity index (χ2n) is 5.36. The van der Waals surface area contributed by atoms with Gasteiger partial charge in [-0.15, -0.1) is 0 Å². The van der Waals surface area contributed by atoms with Crippen LogP contribution in [0, 0.1) is 6.92 Å². The molecule has 0 saturated heterocycles. The highest BCUT2D eigenvalue weighted by atomic mass is 16.2. The first-order valence-corrected chi connectivity index (χ1v) is 6.41. The van der Waals surface area contributed by atoms with E-state index in [0.717, 1.165) is 5.56 Å². The zero-order valence-corrected chi connectivity index (χ0v) is 12.2. The first-order chi connectivity index (χ1) is 8.32. The first-order valence-electron chi connectivity index (χ1n) is 6.41. The Morgan fingerprint density at radius 3 is 2.33 bits per heavy atom. The quantitative estimate of drug-likeness (QED) is 0.831. The molecule has 0 aliphatic heterocycles. The smallest absolute Gasteiger partial charge is 0.241 e. The molecule has 1 rings (SSSR count). The van der Waals surface area contributed by atoms with Crippen LogP contribution in [0.3, 0.4) is 0 Å². The number of amides is 1. The van der Waals surface area contributed by atoms with Gasteiger partial charge in [0.05, 0.1) is 5.92 Å². The maximum Gasteiger partial charge on any atom is 0.241 e. The Balaban J connectivity index is 3.00. The van der Waals surface area contributed by atoms with Crippen molar-refractivity contribution in [3.05, 3.63) is 34.9 Å². The van der Waals surface area contributed by atoms with Gasteiger partial charge >= 0.3 is 0 Å². The van der Waals surface area contributed by atoms with Gasteiger partial charge in [-0.2, -0.15) is 0 Å². The number of hydrogen-bond acceptors (Lipinski definition) is 2. The van der Waals surface area contributed by atoms with E-state index in [4.69, 9.17) is 0 Å². The predicted octanol–water partition coefficient (Wildman–Crippen LogP) is 2.81. The summed E-state index contributed by atoms with van der Waals surface area (Å²) in [6.07, 6.45) is 0. The lowest BCUT2D eigenvalue weighted by Gasteiger charge is -2.19. The summed E-state index contributed by atoms with van der Waals surface area (Å²) in [5.74, 6) is 0.378. The Kier molecular flexibility index (Phi) is 4.91. The van der Waals surface area contributed by atoms with Gasteiger partial charge in [-0.25, -0.2) is 5.01 Å². The van der Waals surface area contributed by atoms with Crippen LogP contribution >= 0.6 is 0 Å². The number of hydrazine groups is 1. The largest absolute Gasteiger partial charge is 0.289 e. The molecule has 0 aliphatic carbocycles. The zero-order valence-electron chi connectivity index (χ0n) is 12.2. The van der Waals surface area contributed by atoms with E-state index in [-0.39, 0.29) is 11.8 Å². The molecule has 0 aliphatic rings. The Morgan fingerprint density at radius 2 is 1.83 bits per heavy atom. The molecule has 3 nitrogen and oxygen atoms in total. The molecular formula is C15H24N2O. The maximum atomic E-state index is 12.0. The molecule has 0 bridgehead atoms. The number of rotatable bonds is 4. The Morgan fingerprint density at radius 1 is 1.22 bits per heavy atom. The van der Waals surface area contributed by atoms with E-state index >= 15 is 0 Å². The van der Waals surface area contributed by atoms with Crippen LogP contribution in [0.2, 0.25) is 0 Å². The van der Waals surface area contributed by atoms with Crippen molar-refractivity contribution in [2.45, 2.75) is 39.5 Å². The summed E-state index contributed by atoms with van der Waals surface area (Å²) < 4.78 is 0. The van der Waals surface area contributed by atoms with Crippen LogP contribution in [0.15, 0.2) is 18.2 Å². The molecule has 1 unspecified atom stereocenters. The van der Waals surface area contributed by atoms with Gasteiger partial charge in [0.25, 0.3) is 0 Å². The molecular weight excluding hydrogens is 224 g/mol. The van der Waals surface area contributed by atoms with Crippen molar-refractivity contribution in [2.75, 3.05) is 14.1 Å². The van der Waals surface area contributed by atoms with Gasteiger partial charge in [-0.1, -0.05) is 32.0 Å². The fourth-order valence-electron chi connectivity index (χ4n) is 1.94. The third-order valence-corrected chi connectivity index (χ3v) is 3.16. The number of hydrogen-bond donors (Lipinski definition) is 1. The van der Waals surface area contributed by atoms with E-state index in [9.17, 15) is 4.79 Å². The van der Waals surface area contributed by atoms with E-state index in [1.807, 2.05) is 21.0 Å². The molecule has 100 valence electrons. The average Bonchev–Trinajstić information content (AvgIpc) is 2.27. The lowest BCUT2D eigenvalue weighted by molar-refractivity contribution is -0.126. The maximum absolute atomic E-state index is 12.0. The predicted molar refractivity (Wildman–Crippen MR) is 75.5 cm³/mol. The van der Waals surface area contributed by atoms with Crippen LogP contribution < -0.4 is 5.43 Å². The molecule has 1 aromatic rings. The summed E-state index contributed by atoms with van der Waals surface area (Å²) in [5.41, 5.74) is 6.37. The molecule has 0 heterocycles. The molecule has 1 aromatic carbocycles. The lowest BCUT2D eigenvalue weighted by Crippen LogP contribution is -2.38. The van der Waals surface area contributed by atoms with Crippen LogP contribution in [0.1, 0.15) is 49.3 Å². The minimum Gasteiger partial charge on any atom is -0.289 e. The van der Waals surface area contributed by atoms with Crippen LogP contribution in [0.5, 0.6) is 0 Å². The fraction of sp³-hybridized carbons (Fsp3) is 0.533. The van der Waals surface area contributed by atoms with Crippen molar-refractivity contribution in [3.8, 4) is 0 Å². The minimum atomic E-state index is -0.133. The van der Waals surface area contributed by atoms with Crippen molar-refractivity contribution >= 4 is 5.91 Å². The zero-order chi connectivity index (χ0) is 13.9. The second-order valence-corrected chi connectivity index (χ2v) is 5.36. The van der Waals surface area contributed by atoms with Crippen molar-refractivity contribution in [2.24, 2.45) is 0 Å². The third kappa shape index (κ3) is 3.57. The van der Waals surface area contributed by atoms with Crippen LogP contribution in [0.25, 0.3) is 0 Å². The summed E-state index contributed by atoms with van der Waals surface area (Å²) in [6.45, 7) is 8.34. The molecule has 1 amide bonds. The topological polar surface area (TPSA) is 32.3 Å². The number of nitrogens with zero attached hydrogens (tertiary/aromatic N) is 1. The van der Waals surface area contributed by atoms with Gasteiger partial charge in [0.2, 0.25) is 5.91 Å². The van der Waals surface area contributed by atoms with Crippen molar-refractivity contribution in [3.63, 3.8) is 0 Å². The molecule has 1 N–H and O–H groups in total. The molecule has 0 fully saturated rings. The normalized spacial score (nSPS) is 12.9. The molecule has 0 radical (unpaired) electrons.